The number of carbonyl (C=O) groups is 1. The van der Waals surface area contributed by atoms with E-state index in [4.69, 9.17) is 14.2 Å². The van der Waals surface area contributed by atoms with Crippen LogP contribution in [0.5, 0.6) is 11.5 Å². The molecule has 2 aromatic carbocycles. The third kappa shape index (κ3) is 3.45. The van der Waals surface area contributed by atoms with E-state index in [0.717, 1.165) is 19.5 Å². The maximum absolute atomic E-state index is 12.7. The predicted octanol–water partition coefficient (Wildman–Crippen LogP) is 2.40. The zero-order valence-corrected chi connectivity index (χ0v) is 15.7. The van der Waals surface area contributed by atoms with Crippen molar-refractivity contribution in [3.05, 3.63) is 59.7 Å². The van der Waals surface area contributed by atoms with Crippen LogP contribution in [0.2, 0.25) is 0 Å². The van der Waals surface area contributed by atoms with Gasteiger partial charge < -0.3 is 19.5 Å². The molecule has 2 fully saturated rings. The molecule has 6 heteroatoms. The first-order valence-corrected chi connectivity index (χ1v) is 9.87. The summed E-state index contributed by atoms with van der Waals surface area (Å²) in [5.41, 5.74) is 1.82. The number of rotatable bonds is 3. The van der Waals surface area contributed by atoms with Crippen molar-refractivity contribution in [3.8, 4) is 11.5 Å². The van der Waals surface area contributed by atoms with E-state index in [9.17, 15) is 4.79 Å². The highest BCUT2D eigenvalue weighted by Crippen LogP contribution is 2.32. The number of hydrogen-bond acceptors (Lipinski definition) is 5. The van der Waals surface area contributed by atoms with Gasteiger partial charge in [0, 0.05) is 30.7 Å². The Kier molecular flexibility index (Phi) is 4.66. The molecule has 3 aliphatic heterocycles. The first-order valence-electron chi connectivity index (χ1n) is 9.87. The molecule has 0 aromatic heterocycles. The zero-order valence-electron chi connectivity index (χ0n) is 15.7. The lowest BCUT2D eigenvalue weighted by atomic mass is 10.1. The number of carbonyl (C=O) groups excluding carboxylic acids is 1. The molecule has 28 heavy (non-hydrogen) atoms. The topological polar surface area (TPSA) is 60.0 Å². The quantitative estimate of drug-likeness (QED) is 0.886. The molecule has 3 atom stereocenters. The van der Waals surface area contributed by atoms with Gasteiger partial charge in [-0.05, 0) is 30.2 Å². The van der Waals surface area contributed by atoms with Gasteiger partial charge in [-0.2, -0.15) is 0 Å². The molecule has 3 heterocycles. The Labute approximate surface area is 164 Å². The molecule has 2 saturated heterocycles. The van der Waals surface area contributed by atoms with E-state index in [1.807, 2.05) is 18.2 Å². The number of morpholine rings is 1. The number of amides is 1. The summed E-state index contributed by atoms with van der Waals surface area (Å²) >= 11 is 0. The molecule has 3 aliphatic rings. The molecule has 0 aliphatic carbocycles. The molecule has 0 saturated carbocycles. The fraction of sp³-hybridized carbons (Fsp3) is 0.409. The number of nitrogens with zero attached hydrogens (tertiary/aromatic N) is 1. The van der Waals surface area contributed by atoms with Crippen molar-refractivity contribution in [2.24, 2.45) is 0 Å². The minimum atomic E-state index is -0.0673. The molecule has 0 bridgehead atoms. The summed E-state index contributed by atoms with van der Waals surface area (Å²) < 4.78 is 17.2. The van der Waals surface area contributed by atoms with Gasteiger partial charge in [-0.25, -0.2) is 0 Å². The van der Waals surface area contributed by atoms with Crippen LogP contribution >= 0.6 is 0 Å². The van der Waals surface area contributed by atoms with E-state index in [0.29, 0.717) is 42.9 Å². The van der Waals surface area contributed by atoms with Gasteiger partial charge in [-0.1, -0.05) is 30.3 Å². The smallest absolute Gasteiger partial charge is 0.251 e. The Morgan fingerprint density at radius 3 is 2.68 bits per heavy atom. The molecule has 1 amide bonds. The minimum absolute atomic E-state index is 0.0673. The van der Waals surface area contributed by atoms with Gasteiger partial charge in [0.2, 0.25) is 0 Å². The second-order valence-electron chi connectivity index (χ2n) is 7.60. The number of ether oxygens (including phenoxy) is 3. The van der Waals surface area contributed by atoms with E-state index in [2.05, 4.69) is 22.3 Å². The largest absolute Gasteiger partial charge is 0.486 e. The van der Waals surface area contributed by atoms with Crippen LogP contribution in [0.3, 0.4) is 0 Å². The Hall–Kier alpha value is -2.57. The van der Waals surface area contributed by atoms with Gasteiger partial charge in [0.05, 0.1) is 12.7 Å². The molecule has 5 rings (SSSR count). The van der Waals surface area contributed by atoms with Crippen LogP contribution in [-0.2, 0) is 4.74 Å². The number of hydrogen-bond donors (Lipinski definition) is 1. The molecule has 1 N–H and O–H groups in total. The lowest BCUT2D eigenvalue weighted by Crippen LogP contribution is -2.43. The first kappa shape index (κ1) is 17.5. The summed E-state index contributed by atoms with van der Waals surface area (Å²) in [5, 5.41) is 3.18. The van der Waals surface area contributed by atoms with Crippen LogP contribution in [0, 0.1) is 0 Å². The van der Waals surface area contributed by atoms with Crippen LogP contribution in [0.25, 0.3) is 0 Å². The summed E-state index contributed by atoms with van der Waals surface area (Å²) in [5.74, 6) is 1.27. The van der Waals surface area contributed by atoms with Crippen molar-refractivity contribution < 1.29 is 19.0 Å². The van der Waals surface area contributed by atoms with Crippen molar-refractivity contribution >= 4 is 5.91 Å². The van der Waals surface area contributed by atoms with Crippen LogP contribution < -0.4 is 14.8 Å². The van der Waals surface area contributed by atoms with Crippen LogP contribution in [0.4, 0.5) is 0 Å². The maximum atomic E-state index is 12.7. The van der Waals surface area contributed by atoms with Crippen LogP contribution in [0.1, 0.15) is 28.4 Å². The van der Waals surface area contributed by atoms with Crippen molar-refractivity contribution in [2.45, 2.75) is 24.6 Å². The third-order valence-electron chi connectivity index (χ3n) is 5.73. The average molecular weight is 380 g/mol. The molecular formula is C22H24N2O4. The van der Waals surface area contributed by atoms with Crippen LogP contribution in [0.15, 0.2) is 48.5 Å². The minimum Gasteiger partial charge on any atom is -0.486 e. The van der Waals surface area contributed by atoms with Gasteiger partial charge in [0.1, 0.15) is 13.2 Å². The van der Waals surface area contributed by atoms with Gasteiger partial charge >= 0.3 is 0 Å². The van der Waals surface area contributed by atoms with Crippen LogP contribution in [-0.4, -0.2) is 55.8 Å². The summed E-state index contributed by atoms with van der Waals surface area (Å²) in [6.07, 6.45) is 1.02. The average Bonchev–Trinajstić information content (AvgIpc) is 3.15. The molecule has 0 unspecified atom stereocenters. The second-order valence-corrected chi connectivity index (χ2v) is 7.60. The van der Waals surface area contributed by atoms with E-state index in [-0.39, 0.29) is 18.1 Å². The molecule has 146 valence electrons. The SMILES string of the molecule is O=C(N[C@@H]1C[C@H]2CO[C@@H](c3ccccc3)CN2C1)c1ccc2c(c1)OCCO2. The predicted molar refractivity (Wildman–Crippen MR) is 104 cm³/mol. The fourth-order valence-corrected chi connectivity index (χ4v) is 4.30. The summed E-state index contributed by atoms with van der Waals surface area (Å²) in [6, 6.07) is 16.2. The Morgan fingerprint density at radius 2 is 1.82 bits per heavy atom. The third-order valence-corrected chi connectivity index (χ3v) is 5.73. The summed E-state index contributed by atoms with van der Waals surface area (Å²) in [6.45, 7) is 3.48. The second kappa shape index (κ2) is 7.45. The van der Waals surface area contributed by atoms with Gasteiger partial charge in [-0.3, -0.25) is 9.69 Å². The van der Waals surface area contributed by atoms with Gasteiger partial charge in [-0.15, -0.1) is 0 Å². The van der Waals surface area contributed by atoms with E-state index < -0.39 is 0 Å². The molecule has 0 radical (unpaired) electrons. The first-order chi connectivity index (χ1) is 13.8. The lowest BCUT2D eigenvalue weighted by Gasteiger charge is -2.35. The highest BCUT2D eigenvalue weighted by molar-refractivity contribution is 5.95. The standard InChI is InChI=1S/C22H24N2O4/c25-22(16-6-7-19-20(10-16)27-9-8-26-19)23-17-11-18-14-28-21(13-24(18)12-17)15-4-2-1-3-5-15/h1-7,10,17-18,21H,8-9,11-14H2,(H,23,25)/t17-,18+,21-/m1/s1. The Morgan fingerprint density at radius 1 is 1.00 bits per heavy atom. The zero-order chi connectivity index (χ0) is 18.9. The van der Waals surface area contributed by atoms with Crippen molar-refractivity contribution in [1.82, 2.24) is 10.2 Å². The molecule has 6 nitrogen and oxygen atoms in total. The number of nitrogens with one attached hydrogen (secondary N) is 1. The van der Waals surface area contributed by atoms with E-state index in [1.54, 1.807) is 18.2 Å². The van der Waals surface area contributed by atoms with Crippen molar-refractivity contribution in [3.63, 3.8) is 0 Å². The lowest BCUT2D eigenvalue weighted by molar-refractivity contribution is -0.0502. The number of benzene rings is 2. The highest BCUT2D eigenvalue weighted by Gasteiger charge is 2.38. The normalized spacial score (nSPS) is 26.5. The Bertz CT molecular complexity index is 857. The van der Waals surface area contributed by atoms with Crippen molar-refractivity contribution in [2.75, 3.05) is 32.9 Å². The van der Waals surface area contributed by atoms with Crippen molar-refractivity contribution in [1.29, 1.82) is 0 Å². The molecular weight excluding hydrogens is 356 g/mol. The molecule has 2 aromatic rings. The number of fused-ring (bicyclic) bond motifs is 2. The van der Waals surface area contributed by atoms with Gasteiger partial charge in [0.15, 0.2) is 11.5 Å². The summed E-state index contributed by atoms with van der Waals surface area (Å²) in [7, 11) is 0. The van der Waals surface area contributed by atoms with E-state index >= 15 is 0 Å². The Balaban J connectivity index is 1.21. The maximum Gasteiger partial charge on any atom is 0.251 e. The highest BCUT2D eigenvalue weighted by atomic mass is 16.6. The summed E-state index contributed by atoms with van der Waals surface area (Å²) in [4.78, 5) is 15.2. The fourth-order valence-electron chi connectivity index (χ4n) is 4.30. The molecule has 0 spiro atoms. The van der Waals surface area contributed by atoms with E-state index in [1.165, 1.54) is 5.56 Å². The van der Waals surface area contributed by atoms with Gasteiger partial charge in [0.25, 0.3) is 5.91 Å². The monoisotopic (exact) mass is 380 g/mol.